The van der Waals surface area contributed by atoms with Crippen molar-refractivity contribution in [2.75, 3.05) is 13.9 Å². The normalized spacial score (nSPS) is 15.1. The zero-order chi connectivity index (χ0) is 17.4. The molecule has 1 amide bonds. The molecule has 0 bridgehead atoms. The number of rotatable bonds is 5. The van der Waals surface area contributed by atoms with E-state index in [4.69, 9.17) is 25.8 Å². The molecule has 6 heteroatoms. The summed E-state index contributed by atoms with van der Waals surface area (Å²) < 4.78 is 16.1. The fourth-order valence-electron chi connectivity index (χ4n) is 3.03. The molecule has 2 aromatic rings. The predicted molar refractivity (Wildman–Crippen MR) is 93.5 cm³/mol. The van der Waals surface area contributed by atoms with E-state index in [9.17, 15) is 4.79 Å². The van der Waals surface area contributed by atoms with Crippen molar-refractivity contribution in [3.8, 4) is 17.2 Å². The summed E-state index contributed by atoms with van der Waals surface area (Å²) in [6.07, 6.45) is 2.03. The maximum Gasteiger partial charge on any atom is 0.254 e. The van der Waals surface area contributed by atoms with Gasteiger partial charge in [0.1, 0.15) is 5.75 Å². The molecule has 1 heterocycles. The number of amides is 1. The van der Waals surface area contributed by atoms with Gasteiger partial charge in [0, 0.05) is 23.7 Å². The molecule has 0 N–H and O–H groups in total. The van der Waals surface area contributed by atoms with Gasteiger partial charge in [-0.3, -0.25) is 4.79 Å². The number of nitrogens with zero attached hydrogens (tertiary/aromatic N) is 1. The van der Waals surface area contributed by atoms with Crippen LogP contribution in [0, 0.1) is 0 Å². The van der Waals surface area contributed by atoms with Gasteiger partial charge in [0.05, 0.1) is 12.1 Å². The van der Waals surface area contributed by atoms with Gasteiger partial charge in [-0.1, -0.05) is 29.8 Å². The van der Waals surface area contributed by atoms with Crippen molar-refractivity contribution in [2.24, 2.45) is 0 Å². The predicted octanol–water partition coefficient (Wildman–Crippen LogP) is 3.88. The first-order chi connectivity index (χ1) is 12.2. The van der Waals surface area contributed by atoms with Crippen molar-refractivity contribution in [1.29, 1.82) is 0 Å². The standard InChI is InChI=1S/C19H18ClNO4/c1-23-16-5-3-2-4-12(16)10-21(14-6-7-14)19(22)13-8-15(20)18-17(9-13)24-11-25-18/h2-5,8-9,14H,6-7,10-11H2,1H3. The molecule has 1 aliphatic heterocycles. The van der Waals surface area contributed by atoms with E-state index in [1.54, 1.807) is 19.2 Å². The zero-order valence-corrected chi connectivity index (χ0v) is 14.6. The molecule has 0 unspecified atom stereocenters. The second-order valence-corrected chi connectivity index (χ2v) is 6.58. The van der Waals surface area contributed by atoms with Crippen molar-refractivity contribution in [3.63, 3.8) is 0 Å². The van der Waals surface area contributed by atoms with Crippen molar-refractivity contribution in [1.82, 2.24) is 4.90 Å². The van der Waals surface area contributed by atoms with Gasteiger partial charge < -0.3 is 19.1 Å². The number of hydrogen-bond donors (Lipinski definition) is 0. The molecule has 2 aromatic carbocycles. The van der Waals surface area contributed by atoms with Crippen LogP contribution in [0.1, 0.15) is 28.8 Å². The summed E-state index contributed by atoms with van der Waals surface area (Å²) in [7, 11) is 1.64. The van der Waals surface area contributed by atoms with Crippen LogP contribution in [0.2, 0.25) is 5.02 Å². The molecule has 1 aliphatic carbocycles. The molecule has 5 nitrogen and oxygen atoms in total. The van der Waals surface area contributed by atoms with Gasteiger partial charge in [-0.15, -0.1) is 0 Å². The Bertz CT molecular complexity index is 819. The first-order valence-electron chi connectivity index (χ1n) is 8.19. The largest absolute Gasteiger partial charge is 0.496 e. The number of carbonyl (C=O) groups is 1. The molecule has 1 saturated carbocycles. The maximum absolute atomic E-state index is 13.1. The Kier molecular flexibility index (Phi) is 4.17. The molecule has 0 saturated heterocycles. The summed E-state index contributed by atoms with van der Waals surface area (Å²) in [5.41, 5.74) is 1.49. The summed E-state index contributed by atoms with van der Waals surface area (Å²) in [5.74, 6) is 1.74. The molecule has 0 aromatic heterocycles. The SMILES string of the molecule is COc1ccccc1CN(C(=O)c1cc(Cl)c2c(c1)OCO2)C1CC1. The van der Waals surface area contributed by atoms with E-state index in [1.807, 2.05) is 29.2 Å². The molecular weight excluding hydrogens is 342 g/mol. The third-order valence-electron chi connectivity index (χ3n) is 4.46. The molecule has 0 atom stereocenters. The van der Waals surface area contributed by atoms with Crippen LogP contribution in [0.4, 0.5) is 0 Å². The lowest BCUT2D eigenvalue weighted by Gasteiger charge is -2.24. The third kappa shape index (κ3) is 3.12. The Labute approximate surface area is 151 Å². The van der Waals surface area contributed by atoms with Gasteiger partial charge >= 0.3 is 0 Å². The van der Waals surface area contributed by atoms with Crippen LogP contribution in [0.3, 0.4) is 0 Å². The molecule has 4 rings (SSSR count). The number of halogens is 1. The highest BCUT2D eigenvalue weighted by Crippen LogP contribution is 2.41. The van der Waals surface area contributed by atoms with Crippen LogP contribution in [-0.2, 0) is 6.54 Å². The number of methoxy groups -OCH3 is 1. The van der Waals surface area contributed by atoms with Gasteiger partial charge in [0.2, 0.25) is 6.79 Å². The summed E-state index contributed by atoms with van der Waals surface area (Å²) in [4.78, 5) is 15.0. The number of hydrogen-bond acceptors (Lipinski definition) is 4. The minimum Gasteiger partial charge on any atom is -0.496 e. The molecule has 130 valence electrons. The van der Waals surface area contributed by atoms with E-state index in [0.29, 0.717) is 28.6 Å². The van der Waals surface area contributed by atoms with Gasteiger partial charge in [-0.2, -0.15) is 0 Å². The van der Waals surface area contributed by atoms with Crippen LogP contribution >= 0.6 is 11.6 Å². The second-order valence-electron chi connectivity index (χ2n) is 6.17. The number of ether oxygens (including phenoxy) is 3. The topological polar surface area (TPSA) is 48.0 Å². The average Bonchev–Trinajstić information content (AvgIpc) is 3.35. The fraction of sp³-hybridized carbons (Fsp3) is 0.316. The minimum atomic E-state index is -0.0615. The van der Waals surface area contributed by atoms with E-state index in [1.165, 1.54) is 0 Å². The lowest BCUT2D eigenvalue weighted by Crippen LogP contribution is -2.32. The van der Waals surface area contributed by atoms with Crippen molar-refractivity contribution >= 4 is 17.5 Å². The van der Waals surface area contributed by atoms with E-state index >= 15 is 0 Å². The average molecular weight is 360 g/mol. The van der Waals surface area contributed by atoms with E-state index < -0.39 is 0 Å². The smallest absolute Gasteiger partial charge is 0.254 e. The molecule has 0 radical (unpaired) electrons. The maximum atomic E-state index is 13.1. The summed E-state index contributed by atoms with van der Waals surface area (Å²) in [5, 5.41) is 0.395. The van der Waals surface area contributed by atoms with Gasteiger partial charge in [0.15, 0.2) is 11.5 Å². The molecule has 1 fully saturated rings. The first-order valence-corrected chi connectivity index (χ1v) is 8.57. The van der Waals surface area contributed by atoms with Crippen molar-refractivity contribution < 1.29 is 19.0 Å². The van der Waals surface area contributed by atoms with E-state index in [-0.39, 0.29) is 18.7 Å². The highest BCUT2D eigenvalue weighted by molar-refractivity contribution is 6.32. The number of carbonyl (C=O) groups excluding carboxylic acids is 1. The fourth-order valence-corrected chi connectivity index (χ4v) is 3.29. The van der Waals surface area contributed by atoms with E-state index in [0.717, 1.165) is 24.2 Å². The monoisotopic (exact) mass is 359 g/mol. The lowest BCUT2D eigenvalue weighted by molar-refractivity contribution is 0.0728. The third-order valence-corrected chi connectivity index (χ3v) is 4.74. The first kappa shape index (κ1) is 16.1. The second kappa shape index (κ2) is 6.48. The molecule has 2 aliphatic rings. The minimum absolute atomic E-state index is 0.0615. The Morgan fingerprint density at radius 1 is 1.28 bits per heavy atom. The number of fused-ring (bicyclic) bond motifs is 1. The zero-order valence-electron chi connectivity index (χ0n) is 13.8. The van der Waals surface area contributed by atoms with E-state index in [2.05, 4.69) is 0 Å². The van der Waals surface area contributed by atoms with Crippen LogP contribution in [0.5, 0.6) is 17.2 Å². The highest BCUT2D eigenvalue weighted by Gasteiger charge is 2.34. The van der Waals surface area contributed by atoms with Crippen molar-refractivity contribution in [2.45, 2.75) is 25.4 Å². The van der Waals surface area contributed by atoms with Crippen LogP contribution in [0.25, 0.3) is 0 Å². The van der Waals surface area contributed by atoms with Gasteiger partial charge in [-0.25, -0.2) is 0 Å². The quantitative estimate of drug-likeness (QED) is 0.812. The summed E-state index contributed by atoms with van der Waals surface area (Å²) >= 11 is 6.23. The summed E-state index contributed by atoms with van der Waals surface area (Å²) in [6.45, 7) is 0.625. The van der Waals surface area contributed by atoms with Crippen molar-refractivity contribution in [3.05, 3.63) is 52.5 Å². The lowest BCUT2D eigenvalue weighted by atomic mass is 10.1. The van der Waals surface area contributed by atoms with Gasteiger partial charge in [0.25, 0.3) is 5.91 Å². The molecule has 0 spiro atoms. The molecule has 25 heavy (non-hydrogen) atoms. The Morgan fingerprint density at radius 3 is 2.84 bits per heavy atom. The number of para-hydroxylation sites is 1. The van der Waals surface area contributed by atoms with Crippen LogP contribution in [-0.4, -0.2) is 30.8 Å². The Balaban J connectivity index is 1.63. The van der Waals surface area contributed by atoms with Crippen LogP contribution < -0.4 is 14.2 Å². The molecular formula is C19H18ClNO4. The summed E-state index contributed by atoms with van der Waals surface area (Å²) in [6, 6.07) is 11.4. The Morgan fingerprint density at radius 2 is 2.08 bits per heavy atom. The van der Waals surface area contributed by atoms with Crippen LogP contribution in [0.15, 0.2) is 36.4 Å². The Hall–Kier alpha value is -2.40. The highest BCUT2D eigenvalue weighted by atomic mass is 35.5. The van der Waals surface area contributed by atoms with Gasteiger partial charge in [-0.05, 0) is 31.0 Å². The number of benzene rings is 2.